The highest BCUT2D eigenvalue weighted by Crippen LogP contribution is 2.45. The zero-order chi connectivity index (χ0) is 51.3. The predicted octanol–water partition coefficient (Wildman–Crippen LogP) is 12.5. The highest BCUT2D eigenvalue weighted by atomic mass is 31.2. The topological polar surface area (TPSA) is 237 Å². The monoisotopic (exact) mass is 1030 g/mol. The maximum atomic E-state index is 12.8. The quantitative estimate of drug-likeness (QED) is 0.0222. The molecule has 0 aromatic carbocycles. The van der Waals surface area contributed by atoms with Gasteiger partial charge in [-0.1, -0.05) is 188 Å². The van der Waals surface area contributed by atoms with Crippen LogP contribution in [0.4, 0.5) is 0 Å². The molecule has 0 aromatic rings. The lowest BCUT2D eigenvalue weighted by Gasteiger charge is -2.21. The van der Waals surface area contributed by atoms with Crippen LogP contribution in [0.25, 0.3) is 0 Å². The molecule has 0 heterocycles. The van der Waals surface area contributed by atoms with Crippen molar-refractivity contribution in [1.82, 2.24) is 0 Å². The fourth-order valence-electron chi connectivity index (χ4n) is 7.16. The van der Waals surface area contributed by atoms with Crippen molar-refractivity contribution in [3.63, 3.8) is 0 Å². The van der Waals surface area contributed by atoms with Crippen LogP contribution < -0.4 is 0 Å². The number of esters is 4. The zero-order valence-electron chi connectivity index (χ0n) is 43.3. The molecule has 0 fully saturated rings. The molecule has 0 amide bonds. The number of rotatable bonds is 51. The molecular weight excluding hydrogens is 934 g/mol. The molecule has 408 valence electrons. The van der Waals surface area contributed by atoms with Crippen molar-refractivity contribution in [2.24, 2.45) is 0 Å². The first kappa shape index (κ1) is 67.1. The Morgan fingerprint density at radius 1 is 0.348 bits per heavy atom. The number of aliphatic hydroxyl groups excluding tert-OH is 1. The maximum absolute atomic E-state index is 12.8. The summed E-state index contributed by atoms with van der Waals surface area (Å²) in [6.45, 7) is 4.52. The highest BCUT2D eigenvalue weighted by Gasteiger charge is 2.30. The molecule has 0 aliphatic heterocycles. The van der Waals surface area contributed by atoms with Gasteiger partial charge >= 0.3 is 39.5 Å². The fourth-order valence-corrected chi connectivity index (χ4v) is 8.74. The number of hydrogen-bond donors (Lipinski definition) is 3. The Balaban J connectivity index is 5.08. The summed E-state index contributed by atoms with van der Waals surface area (Å²) in [5, 5.41) is 10.4. The minimum Gasteiger partial charge on any atom is -0.462 e. The van der Waals surface area contributed by atoms with Gasteiger partial charge in [0, 0.05) is 25.7 Å². The molecule has 0 saturated carbocycles. The summed E-state index contributed by atoms with van der Waals surface area (Å²) in [5.41, 5.74) is 0. The van der Waals surface area contributed by atoms with Gasteiger partial charge < -0.3 is 33.8 Å². The SMILES string of the molecule is CCCCCCCCCCCCCC(=O)OC[C@H](COP(=O)(O)OC[C@@H](O)COP(=O)(O)OC[C@@H](COC(=O)CCCCCCCCC)OC(=O)CCCCC)OC(=O)CCCCCCCCCC. The second kappa shape index (κ2) is 45.9. The first-order valence-corrected chi connectivity index (χ1v) is 29.8. The number of phosphoric acid groups is 2. The molecule has 5 atom stereocenters. The van der Waals surface area contributed by atoms with Gasteiger partial charge in [-0.2, -0.15) is 0 Å². The summed E-state index contributed by atoms with van der Waals surface area (Å²) in [7, 11) is -9.83. The number of carbonyl (C=O) groups is 4. The van der Waals surface area contributed by atoms with E-state index in [0.29, 0.717) is 25.7 Å². The molecule has 0 aliphatic rings. The summed E-state index contributed by atoms with van der Waals surface area (Å²) in [6, 6.07) is 0. The van der Waals surface area contributed by atoms with Gasteiger partial charge in [0.1, 0.15) is 19.3 Å². The highest BCUT2D eigenvalue weighted by molar-refractivity contribution is 7.47. The Morgan fingerprint density at radius 3 is 0.884 bits per heavy atom. The van der Waals surface area contributed by atoms with Crippen LogP contribution in [0.3, 0.4) is 0 Å². The molecule has 0 saturated heterocycles. The Bertz CT molecular complexity index is 1370. The molecule has 3 N–H and O–H groups in total. The van der Waals surface area contributed by atoms with E-state index in [0.717, 1.165) is 96.3 Å². The van der Waals surface area contributed by atoms with Crippen LogP contribution >= 0.6 is 15.6 Å². The lowest BCUT2D eigenvalue weighted by atomic mass is 10.1. The van der Waals surface area contributed by atoms with Crippen molar-refractivity contribution in [2.45, 2.75) is 258 Å². The van der Waals surface area contributed by atoms with Gasteiger partial charge in [0.25, 0.3) is 0 Å². The molecule has 0 rings (SSSR count). The molecule has 69 heavy (non-hydrogen) atoms. The maximum Gasteiger partial charge on any atom is 0.472 e. The number of carbonyl (C=O) groups excluding carboxylic acids is 4. The van der Waals surface area contributed by atoms with E-state index in [-0.39, 0.29) is 25.7 Å². The lowest BCUT2D eigenvalue weighted by Crippen LogP contribution is -2.30. The second-order valence-electron chi connectivity index (χ2n) is 18.2. The lowest BCUT2D eigenvalue weighted by molar-refractivity contribution is -0.161. The van der Waals surface area contributed by atoms with Crippen molar-refractivity contribution in [2.75, 3.05) is 39.6 Å². The van der Waals surface area contributed by atoms with Crippen LogP contribution in [-0.2, 0) is 65.4 Å². The van der Waals surface area contributed by atoms with Crippen molar-refractivity contribution in [3.8, 4) is 0 Å². The molecule has 2 unspecified atom stereocenters. The Kier molecular flexibility index (Phi) is 44.6. The van der Waals surface area contributed by atoms with Crippen LogP contribution in [0.2, 0.25) is 0 Å². The number of phosphoric ester groups is 2. The van der Waals surface area contributed by atoms with E-state index < -0.39 is 97.5 Å². The normalized spacial score (nSPS) is 14.6. The van der Waals surface area contributed by atoms with E-state index in [9.17, 15) is 43.2 Å². The smallest absolute Gasteiger partial charge is 0.462 e. The Morgan fingerprint density at radius 2 is 0.580 bits per heavy atom. The standard InChI is InChI=1S/C50H96O17P2/c1-5-9-13-16-19-21-22-23-26-28-32-35-48(53)61-41-46(67-50(55)37-33-29-25-20-17-14-10-6-2)43-65-69(58,59)63-39-44(51)38-62-68(56,57)64-42-45(66-49(54)36-30-12-8-4)40-60-47(52)34-31-27-24-18-15-11-7-3/h44-46,51H,5-43H2,1-4H3,(H,56,57)(H,58,59)/t44-,45+,46+/m0/s1. The molecular formula is C50H96O17P2. The minimum absolute atomic E-state index is 0.0896. The van der Waals surface area contributed by atoms with Gasteiger partial charge in [-0.15, -0.1) is 0 Å². The average molecular weight is 1030 g/mol. The Hall–Kier alpha value is -1.94. The van der Waals surface area contributed by atoms with Crippen LogP contribution in [-0.4, -0.2) is 96.7 Å². The van der Waals surface area contributed by atoms with Gasteiger partial charge in [0.15, 0.2) is 12.2 Å². The molecule has 0 aliphatic carbocycles. The van der Waals surface area contributed by atoms with Gasteiger partial charge in [-0.05, 0) is 25.7 Å². The number of aliphatic hydroxyl groups is 1. The van der Waals surface area contributed by atoms with Crippen LogP contribution in [0, 0.1) is 0 Å². The second-order valence-corrected chi connectivity index (χ2v) is 21.1. The molecule has 19 heteroatoms. The van der Waals surface area contributed by atoms with E-state index in [1.807, 2.05) is 6.92 Å². The predicted molar refractivity (Wildman–Crippen MR) is 266 cm³/mol. The average Bonchev–Trinajstić information content (AvgIpc) is 3.31. The fraction of sp³-hybridized carbons (Fsp3) is 0.920. The molecule has 0 spiro atoms. The Labute approximate surface area is 416 Å². The minimum atomic E-state index is -4.92. The number of hydrogen-bond acceptors (Lipinski definition) is 15. The van der Waals surface area contributed by atoms with Crippen LogP contribution in [0.5, 0.6) is 0 Å². The van der Waals surface area contributed by atoms with Crippen molar-refractivity contribution < 1.29 is 80.2 Å². The van der Waals surface area contributed by atoms with Gasteiger partial charge in [-0.3, -0.25) is 37.3 Å². The van der Waals surface area contributed by atoms with E-state index in [2.05, 4.69) is 20.8 Å². The first-order valence-electron chi connectivity index (χ1n) is 26.8. The van der Waals surface area contributed by atoms with Crippen molar-refractivity contribution in [3.05, 3.63) is 0 Å². The molecule has 0 radical (unpaired) electrons. The number of ether oxygens (including phenoxy) is 4. The van der Waals surface area contributed by atoms with Crippen molar-refractivity contribution in [1.29, 1.82) is 0 Å². The van der Waals surface area contributed by atoms with E-state index in [1.54, 1.807) is 0 Å². The van der Waals surface area contributed by atoms with Gasteiger partial charge in [-0.25, -0.2) is 9.13 Å². The van der Waals surface area contributed by atoms with Crippen LogP contribution in [0.1, 0.15) is 240 Å². The summed E-state index contributed by atoms with van der Waals surface area (Å²) in [6.07, 6.45) is 26.3. The zero-order valence-corrected chi connectivity index (χ0v) is 45.0. The molecule has 17 nitrogen and oxygen atoms in total. The van der Waals surface area contributed by atoms with Crippen molar-refractivity contribution >= 4 is 39.5 Å². The summed E-state index contributed by atoms with van der Waals surface area (Å²) >= 11 is 0. The largest absolute Gasteiger partial charge is 0.472 e. The molecule has 0 bridgehead atoms. The molecule has 0 aromatic heterocycles. The van der Waals surface area contributed by atoms with E-state index in [4.69, 9.17) is 37.0 Å². The summed E-state index contributed by atoms with van der Waals surface area (Å²) in [4.78, 5) is 70.8. The third-order valence-electron chi connectivity index (χ3n) is 11.4. The summed E-state index contributed by atoms with van der Waals surface area (Å²) < 4.78 is 66.8. The first-order chi connectivity index (χ1) is 33.2. The summed E-state index contributed by atoms with van der Waals surface area (Å²) in [5.74, 6) is -2.19. The van der Waals surface area contributed by atoms with E-state index >= 15 is 0 Å². The third-order valence-corrected chi connectivity index (χ3v) is 13.3. The van der Waals surface area contributed by atoms with Gasteiger partial charge in [0.2, 0.25) is 0 Å². The third kappa shape index (κ3) is 45.7. The van der Waals surface area contributed by atoms with E-state index in [1.165, 1.54) is 64.2 Å². The number of unbranched alkanes of at least 4 members (excludes halogenated alkanes) is 25. The van der Waals surface area contributed by atoms with Gasteiger partial charge in [0.05, 0.1) is 26.4 Å². The van der Waals surface area contributed by atoms with Crippen LogP contribution in [0.15, 0.2) is 0 Å².